The molecule has 0 aliphatic carbocycles. The third-order valence-electron chi connectivity index (χ3n) is 5.54. The van der Waals surface area contributed by atoms with Crippen LogP contribution in [0.4, 0.5) is 0 Å². The van der Waals surface area contributed by atoms with Gasteiger partial charge in [-0.3, -0.25) is 4.79 Å². The molecule has 0 aromatic heterocycles. The minimum absolute atomic E-state index is 0.0292. The van der Waals surface area contributed by atoms with Crippen LogP contribution in [0, 0.1) is 0 Å². The fourth-order valence-electron chi connectivity index (χ4n) is 3.69. The average Bonchev–Trinajstić information content (AvgIpc) is 3.39. The molecule has 1 fully saturated rings. The SMILES string of the molecule is COc1ccc(OC)c(/C=N/NC(=O)C2CC(c3cccc(OCc4ccccc4)c3)NN2)c1. The van der Waals surface area contributed by atoms with Gasteiger partial charge in [-0.1, -0.05) is 42.5 Å². The number of ether oxygens (including phenoxy) is 3. The Balaban J connectivity index is 1.32. The van der Waals surface area contributed by atoms with Gasteiger partial charge in [0.1, 0.15) is 29.9 Å². The fourth-order valence-corrected chi connectivity index (χ4v) is 3.69. The minimum atomic E-state index is -0.428. The van der Waals surface area contributed by atoms with Crippen molar-refractivity contribution in [2.24, 2.45) is 5.10 Å². The van der Waals surface area contributed by atoms with E-state index in [1.165, 1.54) is 6.21 Å². The van der Waals surface area contributed by atoms with Gasteiger partial charge in [0.05, 0.1) is 20.4 Å². The lowest BCUT2D eigenvalue weighted by atomic mass is 10.0. The molecule has 3 N–H and O–H groups in total. The first-order valence-corrected chi connectivity index (χ1v) is 11.0. The molecule has 0 radical (unpaired) electrons. The fraction of sp³-hybridized carbons (Fsp3) is 0.231. The highest BCUT2D eigenvalue weighted by molar-refractivity contribution is 5.87. The lowest BCUT2D eigenvalue weighted by Gasteiger charge is -2.12. The summed E-state index contributed by atoms with van der Waals surface area (Å²) >= 11 is 0. The Bertz CT molecular complexity index is 1140. The molecule has 0 spiro atoms. The van der Waals surface area contributed by atoms with E-state index in [0.29, 0.717) is 30.1 Å². The first-order valence-electron chi connectivity index (χ1n) is 11.0. The molecule has 1 heterocycles. The van der Waals surface area contributed by atoms with Crippen molar-refractivity contribution in [3.63, 3.8) is 0 Å². The Labute approximate surface area is 198 Å². The van der Waals surface area contributed by atoms with Gasteiger partial charge in [-0.25, -0.2) is 16.3 Å². The Morgan fingerprint density at radius 1 is 1.00 bits per heavy atom. The molecule has 0 saturated carbocycles. The minimum Gasteiger partial charge on any atom is -0.497 e. The van der Waals surface area contributed by atoms with Gasteiger partial charge in [-0.2, -0.15) is 5.10 Å². The number of carbonyl (C=O) groups excluding carboxylic acids is 1. The maximum Gasteiger partial charge on any atom is 0.258 e. The quantitative estimate of drug-likeness (QED) is 0.335. The van der Waals surface area contributed by atoms with E-state index in [1.54, 1.807) is 32.4 Å². The molecule has 8 nitrogen and oxygen atoms in total. The number of benzene rings is 3. The van der Waals surface area contributed by atoms with E-state index in [2.05, 4.69) is 21.4 Å². The number of hydrogen-bond acceptors (Lipinski definition) is 7. The van der Waals surface area contributed by atoms with E-state index in [1.807, 2.05) is 54.6 Å². The molecule has 2 unspecified atom stereocenters. The van der Waals surface area contributed by atoms with Crippen molar-refractivity contribution in [3.8, 4) is 17.2 Å². The van der Waals surface area contributed by atoms with Gasteiger partial charge >= 0.3 is 0 Å². The van der Waals surface area contributed by atoms with Crippen molar-refractivity contribution in [1.29, 1.82) is 0 Å². The summed E-state index contributed by atoms with van der Waals surface area (Å²) < 4.78 is 16.5. The molecule has 0 bridgehead atoms. The number of nitrogens with one attached hydrogen (secondary N) is 3. The topological polar surface area (TPSA) is 93.2 Å². The molecule has 1 aliphatic heterocycles. The summed E-state index contributed by atoms with van der Waals surface area (Å²) in [5.74, 6) is 1.86. The van der Waals surface area contributed by atoms with Crippen molar-refractivity contribution >= 4 is 12.1 Å². The molecule has 176 valence electrons. The molecule has 8 heteroatoms. The van der Waals surface area contributed by atoms with Crippen LogP contribution in [-0.2, 0) is 11.4 Å². The van der Waals surface area contributed by atoms with E-state index in [0.717, 1.165) is 16.9 Å². The van der Waals surface area contributed by atoms with Crippen molar-refractivity contribution in [2.75, 3.05) is 14.2 Å². The van der Waals surface area contributed by atoms with E-state index in [9.17, 15) is 4.79 Å². The molecule has 3 aromatic rings. The third-order valence-corrected chi connectivity index (χ3v) is 5.54. The second kappa shape index (κ2) is 11.3. The number of rotatable bonds is 9. The van der Waals surface area contributed by atoms with Gasteiger partial charge in [-0.05, 0) is 47.9 Å². The van der Waals surface area contributed by atoms with Gasteiger partial charge < -0.3 is 14.2 Å². The summed E-state index contributed by atoms with van der Waals surface area (Å²) in [5.41, 5.74) is 11.7. The maximum absolute atomic E-state index is 12.6. The van der Waals surface area contributed by atoms with Crippen LogP contribution in [0.5, 0.6) is 17.2 Å². The van der Waals surface area contributed by atoms with Crippen LogP contribution in [0.3, 0.4) is 0 Å². The lowest BCUT2D eigenvalue weighted by Crippen LogP contribution is -2.41. The maximum atomic E-state index is 12.6. The van der Waals surface area contributed by atoms with Crippen molar-refractivity contribution in [2.45, 2.75) is 25.1 Å². The third kappa shape index (κ3) is 5.92. The monoisotopic (exact) mass is 460 g/mol. The molecule has 1 aliphatic rings. The van der Waals surface area contributed by atoms with Crippen molar-refractivity contribution in [3.05, 3.63) is 89.5 Å². The number of hydrazone groups is 1. The molecular formula is C26H28N4O4. The zero-order valence-electron chi connectivity index (χ0n) is 19.2. The summed E-state index contributed by atoms with van der Waals surface area (Å²) in [7, 11) is 3.17. The Morgan fingerprint density at radius 3 is 2.65 bits per heavy atom. The van der Waals surface area contributed by atoms with Crippen LogP contribution in [0.25, 0.3) is 0 Å². The standard InChI is InChI=1S/C26H28N4O4/c1-32-21-11-12-25(33-2)20(14-21)16-27-30-26(31)24-15-23(28-29-24)19-9-6-10-22(13-19)34-17-18-7-4-3-5-8-18/h3-14,16,23-24,28-29H,15,17H2,1-2H3,(H,30,31)/b27-16+. The molecule has 1 saturated heterocycles. The van der Waals surface area contributed by atoms with Crippen molar-refractivity contribution in [1.82, 2.24) is 16.3 Å². The van der Waals surface area contributed by atoms with Crippen LogP contribution >= 0.6 is 0 Å². The number of carbonyl (C=O) groups is 1. The highest BCUT2D eigenvalue weighted by Crippen LogP contribution is 2.26. The van der Waals surface area contributed by atoms with E-state index in [4.69, 9.17) is 14.2 Å². The summed E-state index contributed by atoms with van der Waals surface area (Å²) in [5, 5.41) is 4.09. The highest BCUT2D eigenvalue weighted by Gasteiger charge is 2.30. The normalized spacial score (nSPS) is 17.5. The van der Waals surface area contributed by atoms with E-state index >= 15 is 0 Å². The smallest absolute Gasteiger partial charge is 0.258 e. The van der Waals surface area contributed by atoms with Crippen LogP contribution in [-0.4, -0.2) is 32.4 Å². The van der Waals surface area contributed by atoms with Gasteiger partial charge in [0.15, 0.2) is 0 Å². The molecule has 2 atom stereocenters. The van der Waals surface area contributed by atoms with Crippen LogP contribution in [0.2, 0.25) is 0 Å². The van der Waals surface area contributed by atoms with Crippen LogP contribution in [0.15, 0.2) is 77.9 Å². The molecule has 3 aromatic carbocycles. The zero-order valence-corrected chi connectivity index (χ0v) is 19.2. The highest BCUT2D eigenvalue weighted by atomic mass is 16.5. The van der Waals surface area contributed by atoms with Gasteiger partial charge in [-0.15, -0.1) is 0 Å². The lowest BCUT2D eigenvalue weighted by molar-refractivity contribution is -0.122. The summed E-state index contributed by atoms with van der Waals surface area (Å²) in [6, 6.07) is 22.8. The summed E-state index contributed by atoms with van der Waals surface area (Å²) in [6.45, 7) is 0.502. The second-order valence-corrected chi connectivity index (χ2v) is 7.82. The van der Waals surface area contributed by atoms with E-state index in [-0.39, 0.29) is 11.9 Å². The van der Waals surface area contributed by atoms with Crippen LogP contribution < -0.4 is 30.5 Å². The summed E-state index contributed by atoms with van der Waals surface area (Å²) in [6.07, 6.45) is 2.11. The molecule has 4 rings (SSSR count). The molecular weight excluding hydrogens is 432 g/mol. The molecule has 1 amide bonds. The summed E-state index contributed by atoms with van der Waals surface area (Å²) in [4.78, 5) is 12.6. The van der Waals surface area contributed by atoms with Gasteiger partial charge in [0.2, 0.25) is 0 Å². The zero-order chi connectivity index (χ0) is 23.8. The average molecular weight is 461 g/mol. The number of hydrazine groups is 1. The number of amides is 1. The van der Waals surface area contributed by atoms with Crippen LogP contribution in [0.1, 0.15) is 29.2 Å². The number of nitrogens with zero attached hydrogens (tertiary/aromatic N) is 1. The van der Waals surface area contributed by atoms with E-state index < -0.39 is 6.04 Å². The Morgan fingerprint density at radius 2 is 1.85 bits per heavy atom. The Hall–Kier alpha value is -3.88. The predicted molar refractivity (Wildman–Crippen MR) is 130 cm³/mol. The second-order valence-electron chi connectivity index (χ2n) is 7.82. The van der Waals surface area contributed by atoms with Gasteiger partial charge in [0.25, 0.3) is 5.91 Å². The largest absolute Gasteiger partial charge is 0.497 e. The first kappa shape index (κ1) is 23.3. The number of methoxy groups -OCH3 is 2. The Kier molecular flexibility index (Phi) is 7.75. The van der Waals surface area contributed by atoms with Crippen molar-refractivity contribution < 1.29 is 19.0 Å². The predicted octanol–water partition coefficient (Wildman–Crippen LogP) is 3.34. The van der Waals surface area contributed by atoms with Gasteiger partial charge in [0, 0.05) is 11.6 Å². The number of hydrogen-bond donors (Lipinski definition) is 3. The molecule has 34 heavy (non-hydrogen) atoms. The first-order chi connectivity index (χ1) is 16.7.